The van der Waals surface area contributed by atoms with Gasteiger partial charge in [-0.05, 0) is 38.6 Å². The summed E-state index contributed by atoms with van der Waals surface area (Å²) in [6.07, 6.45) is 1.83. The van der Waals surface area contributed by atoms with E-state index in [0.29, 0.717) is 0 Å². The lowest BCUT2D eigenvalue weighted by Crippen LogP contribution is -2.20. The largest absolute Gasteiger partial charge is 0.496 e. The molecule has 0 radical (unpaired) electrons. The Bertz CT molecular complexity index is 566. The van der Waals surface area contributed by atoms with Crippen LogP contribution in [0.1, 0.15) is 28.4 Å². The van der Waals surface area contributed by atoms with Crippen LogP contribution in [0.5, 0.6) is 5.75 Å². The van der Waals surface area contributed by atoms with Crippen molar-refractivity contribution in [2.24, 2.45) is 0 Å². The molecule has 0 aliphatic carbocycles. The first kappa shape index (κ1) is 13.6. The molecule has 1 N–H and O–H groups in total. The Morgan fingerprint density at radius 2 is 2.00 bits per heavy atom. The number of nitrogens with zero attached hydrogens (tertiary/aromatic N) is 1. The van der Waals surface area contributed by atoms with Gasteiger partial charge >= 0.3 is 0 Å². The molecule has 3 nitrogen and oxygen atoms in total. The summed E-state index contributed by atoms with van der Waals surface area (Å²) >= 11 is 0. The zero-order chi connectivity index (χ0) is 13.8. The Balaban J connectivity index is 2.54. The van der Waals surface area contributed by atoms with Crippen LogP contribution in [0.2, 0.25) is 0 Å². The molecule has 2 rings (SSSR count). The van der Waals surface area contributed by atoms with Gasteiger partial charge in [0.25, 0.3) is 0 Å². The lowest BCUT2D eigenvalue weighted by Gasteiger charge is -2.21. The normalized spacial score (nSPS) is 12.2. The highest BCUT2D eigenvalue weighted by atomic mass is 16.5. The van der Waals surface area contributed by atoms with Gasteiger partial charge in [0.05, 0.1) is 18.8 Å². The minimum Gasteiger partial charge on any atom is -0.496 e. The third-order valence-corrected chi connectivity index (χ3v) is 3.31. The van der Waals surface area contributed by atoms with E-state index in [2.05, 4.69) is 42.3 Å². The highest BCUT2D eigenvalue weighted by Gasteiger charge is 2.19. The Morgan fingerprint density at radius 3 is 2.63 bits per heavy atom. The molecule has 2 aromatic rings. The molecule has 0 saturated heterocycles. The number of ether oxygens (including phenoxy) is 1. The third-order valence-electron chi connectivity index (χ3n) is 3.31. The van der Waals surface area contributed by atoms with E-state index in [1.165, 1.54) is 11.1 Å². The van der Waals surface area contributed by atoms with Crippen molar-refractivity contribution >= 4 is 0 Å². The lowest BCUT2D eigenvalue weighted by atomic mass is 9.97. The molecule has 1 unspecified atom stereocenters. The van der Waals surface area contributed by atoms with Crippen molar-refractivity contribution in [1.82, 2.24) is 10.3 Å². The van der Waals surface area contributed by atoms with E-state index in [9.17, 15) is 0 Å². The third kappa shape index (κ3) is 2.76. The number of nitrogens with one attached hydrogen (secondary N) is 1. The highest BCUT2D eigenvalue weighted by molar-refractivity contribution is 5.43. The van der Waals surface area contributed by atoms with E-state index >= 15 is 0 Å². The minimum absolute atomic E-state index is 0.0380. The second-order valence-electron chi connectivity index (χ2n) is 4.67. The molecular weight excluding hydrogens is 236 g/mol. The van der Waals surface area contributed by atoms with Gasteiger partial charge in [-0.2, -0.15) is 0 Å². The van der Waals surface area contributed by atoms with Crippen LogP contribution in [0, 0.1) is 13.8 Å². The number of rotatable bonds is 4. The minimum atomic E-state index is 0.0380. The van der Waals surface area contributed by atoms with Crippen molar-refractivity contribution in [3.63, 3.8) is 0 Å². The van der Waals surface area contributed by atoms with Crippen LogP contribution in [0.3, 0.4) is 0 Å². The fourth-order valence-corrected chi connectivity index (χ4v) is 2.32. The van der Waals surface area contributed by atoms with E-state index in [-0.39, 0.29) is 6.04 Å². The highest BCUT2D eigenvalue weighted by Crippen LogP contribution is 2.30. The molecule has 0 amide bonds. The fourth-order valence-electron chi connectivity index (χ4n) is 2.32. The molecule has 1 heterocycles. The number of aromatic nitrogens is 1. The number of aryl methyl sites for hydroxylation is 2. The van der Waals surface area contributed by atoms with Crippen LogP contribution in [-0.2, 0) is 0 Å². The predicted octanol–water partition coefficient (Wildman–Crippen LogP) is 3.02. The van der Waals surface area contributed by atoms with E-state index in [0.717, 1.165) is 17.0 Å². The molecule has 3 heteroatoms. The molecule has 19 heavy (non-hydrogen) atoms. The molecule has 1 aromatic carbocycles. The van der Waals surface area contributed by atoms with Crippen molar-refractivity contribution in [3.8, 4) is 5.75 Å². The first-order valence-corrected chi connectivity index (χ1v) is 6.40. The standard InChI is InChI=1S/C16H20N2O/c1-11-7-8-14(19-4)13(10-11)16(17-3)15-12(2)6-5-9-18-15/h5-10,16-17H,1-4H3. The maximum atomic E-state index is 5.48. The summed E-state index contributed by atoms with van der Waals surface area (Å²) in [4.78, 5) is 4.51. The van der Waals surface area contributed by atoms with Crippen LogP contribution < -0.4 is 10.1 Å². The summed E-state index contributed by atoms with van der Waals surface area (Å²) in [5.74, 6) is 0.884. The van der Waals surface area contributed by atoms with Gasteiger partial charge < -0.3 is 10.1 Å². The van der Waals surface area contributed by atoms with Gasteiger partial charge in [0.2, 0.25) is 0 Å². The molecule has 1 aromatic heterocycles. The van der Waals surface area contributed by atoms with Gasteiger partial charge in [0.15, 0.2) is 0 Å². The average molecular weight is 256 g/mol. The van der Waals surface area contributed by atoms with E-state index < -0.39 is 0 Å². The molecule has 0 aliphatic rings. The second-order valence-corrected chi connectivity index (χ2v) is 4.67. The summed E-state index contributed by atoms with van der Waals surface area (Å²) in [6.45, 7) is 4.16. The van der Waals surface area contributed by atoms with Gasteiger partial charge in [-0.25, -0.2) is 0 Å². The zero-order valence-electron chi connectivity index (χ0n) is 11.9. The number of methoxy groups -OCH3 is 1. The second kappa shape index (κ2) is 5.85. The van der Waals surface area contributed by atoms with Gasteiger partial charge in [0, 0.05) is 11.8 Å². The maximum absolute atomic E-state index is 5.48. The van der Waals surface area contributed by atoms with Crippen LogP contribution in [0.4, 0.5) is 0 Å². The van der Waals surface area contributed by atoms with Gasteiger partial charge in [-0.1, -0.05) is 23.8 Å². The summed E-state index contributed by atoms with van der Waals surface area (Å²) in [5, 5.41) is 3.33. The number of pyridine rings is 1. The number of hydrogen-bond acceptors (Lipinski definition) is 3. The Morgan fingerprint density at radius 1 is 1.21 bits per heavy atom. The van der Waals surface area contributed by atoms with Crippen molar-refractivity contribution in [1.29, 1.82) is 0 Å². The van der Waals surface area contributed by atoms with E-state index in [1.807, 2.05) is 25.4 Å². The van der Waals surface area contributed by atoms with Gasteiger partial charge in [0.1, 0.15) is 5.75 Å². The molecule has 0 bridgehead atoms. The van der Waals surface area contributed by atoms with Gasteiger partial charge in [-0.3, -0.25) is 4.98 Å². The van der Waals surface area contributed by atoms with Crippen LogP contribution in [-0.4, -0.2) is 19.1 Å². The SMILES string of the molecule is CNC(c1cc(C)ccc1OC)c1ncccc1C. The van der Waals surface area contributed by atoms with Crippen LogP contribution in [0.25, 0.3) is 0 Å². The summed E-state index contributed by atoms with van der Waals surface area (Å²) in [6, 6.07) is 10.3. The van der Waals surface area contributed by atoms with Crippen LogP contribution >= 0.6 is 0 Å². The summed E-state index contributed by atoms with van der Waals surface area (Å²) < 4.78 is 5.48. The molecule has 0 fully saturated rings. The van der Waals surface area contributed by atoms with Crippen molar-refractivity contribution < 1.29 is 4.74 Å². The smallest absolute Gasteiger partial charge is 0.124 e. The molecule has 0 spiro atoms. The molecule has 1 atom stereocenters. The van der Waals surface area contributed by atoms with E-state index in [4.69, 9.17) is 4.74 Å². The molecule has 100 valence electrons. The monoisotopic (exact) mass is 256 g/mol. The predicted molar refractivity (Wildman–Crippen MR) is 77.6 cm³/mol. The Labute approximate surface area is 114 Å². The van der Waals surface area contributed by atoms with E-state index in [1.54, 1.807) is 7.11 Å². The quantitative estimate of drug-likeness (QED) is 0.913. The topological polar surface area (TPSA) is 34.1 Å². The first-order valence-electron chi connectivity index (χ1n) is 6.40. The van der Waals surface area contributed by atoms with Gasteiger partial charge in [-0.15, -0.1) is 0 Å². The molecule has 0 saturated carbocycles. The van der Waals surface area contributed by atoms with Crippen molar-refractivity contribution in [2.45, 2.75) is 19.9 Å². The fraction of sp³-hybridized carbons (Fsp3) is 0.312. The maximum Gasteiger partial charge on any atom is 0.124 e. The van der Waals surface area contributed by atoms with Crippen LogP contribution in [0.15, 0.2) is 36.5 Å². The zero-order valence-corrected chi connectivity index (χ0v) is 11.9. The lowest BCUT2D eigenvalue weighted by molar-refractivity contribution is 0.404. The molecular formula is C16H20N2O. The Hall–Kier alpha value is -1.87. The number of hydrogen-bond donors (Lipinski definition) is 1. The Kier molecular flexibility index (Phi) is 4.17. The average Bonchev–Trinajstić information content (AvgIpc) is 2.42. The summed E-state index contributed by atoms with van der Waals surface area (Å²) in [7, 11) is 3.65. The summed E-state index contributed by atoms with van der Waals surface area (Å²) in [5.41, 5.74) is 4.54. The van der Waals surface area contributed by atoms with Crippen molar-refractivity contribution in [3.05, 3.63) is 58.9 Å². The van der Waals surface area contributed by atoms with Crippen molar-refractivity contribution in [2.75, 3.05) is 14.2 Å². The first-order chi connectivity index (χ1) is 9.17. The molecule has 0 aliphatic heterocycles. The number of benzene rings is 1.